The molecule has 34 heavy (non-hydrogen) atoms. The van der Waals surface area contributed by atoms with Gasteiger partial charge in [-0.15, -0.1) is 0 Å². The summed E-state index contributed by atoms with van der Waals surface area (Å²) in [6.45, 7) is 1.51. The van der Waals surface area contributed by atoms with Crippen molar-refractivity contribution in [3.8, 4) is 0 Å². The number of esters is 1. The lowest BCUT2D eigenvalue weighted by atomic mass is 9.82. The highest BCUT2D eigenvalue weighted by molar-refractivity contribution is 9.10. The molecule has 3 aliphatic rings. The molecule has 2 aromatic rings. The molecule has 2 aliphatic carbocycles. The highest BCUT2D eigenvalue weighted by Crippen LogP contribution is 2.55. The van der Waals surface area contributed by atoms with Crippen LogP contribution in [-0.2, 0) is 19.1 Å². The SMILES string of the molecule is CC1=C[C@H]2C[C@H]1[C@@H]1C(=O)N(c3cccc(C(=O)OCC(=O)Nc4ccc(Br)c(Cl)c4)c3)C(=O)[C@@H]12. The first-order valence-electron chi connectivity index (χ1n) is 10.8. The molecule has 1 heterocycles. The third-order valence-electron chi connectivity index (χ3n) is 6.76. The van der Waals surface area contributed by atoms with Crippen LogP contribution in [0.1, 0.15) is 23.7 Å². The van der Waals surface area contributed by atoms with Gasteiger partial charge in [-0.25, -0.2) is 9.69 Å². The molecule has 1 saturated heterocycles. The molecular formula is C25H20BrClN2O5. The van der Waals surface area contributed by atoms with Crippen LogP contribution in [0.3, 0.4) is 0 Å². The monoisotopic (exact) mass is 542 g/mol. The van der Waals surface area contributed by atoms with E-state index in [1.807, 2.05) is 6.92 Å². The van der Waals surface area contributed by atoms with Gasteiger partial charge in [0.2, 0.25) is 11.8 Å². The van der Waals surface area contributed by atoms with Crippen LogP contribution in [0.4, 0.5) is 11.4 Å². The van der Waals surface area contributed by atoms with Crippen molar-refractivity contribution in [2.24, 2.45) is 23.7 Å². The van der Waals surface area contributed by atoms with E-state index in [0.29, 0.717) is 20.9 Å². The molecule has 2 bridgehead atoms. The lowest BCUT2D eigenvalue weighted by molar-refractivity contribution is -0.123. The maximum absolute atomic E-state index is 13.1. The average Bonchev–Trinajstić information content (AvgIpc) is 3.45. The van der Waals surface area contributed by atoms with E-state index in [2.05, 4.69) is 27.3 Å². The van der Waals surface area contributed by atoms with Gasteiger partial charge in [-0.1, -0.05) is 29.3 Å². The van der Waals surface area contributed by atoms with Crippen molar-refractivity contribution < 1.29 is 23.9 Å². The van der Waals surface area contributed by atoms with E-state index in [9.17, 15) is 19.2 Å². The van der Waals surface area contributed by atoms with Crippen molar-refractivity contribution in [2.75, 3.05) is 16.8 Å². The number of rotatable bonds is 5. The van der Waals surface area contributed by atoms with Crippen LogP contribution in [0.25, 0.3) is 0 Å². The largest absolute Gasteiger partial charge is 0.452 e. The minimum absolute atomic E-state index is 0.101. The maximum atomic E-state index is 13.1. The highest BCUT2D eigenvalue weighted by atomic mass is 79.9. The molecule has 0 aromatic heterocycles. The number of benzene rings is 2. The summed E-state index contributed by atoms with van der Waals surface area (Å²) in [5, 5.41) is 3.03. The lowest BCUT2D eigenvalue weighted by Gasteiger charge is -2.19. The van der Waals surface area contributed by atoms with Crippen LogP contribution in [-0.4, -0.2) is 30.3 Å². The van der Waals surface area contributed by atoms with Gasteiger partial charge in [-0.3, -0.25) is 14.4 Å². The number of nitrogens with one attached hydrogen (secondary N) is 1. The van der Waals surface area contributed by atoms with Crippen molar-refractivity contribution in [2.45, 2.75) is 13.3 Å². The van der Waals surface area contributed by atoms with Gasteiger partial charge in [0.15, 0.2) is 6.61 Å². The Morgan fingerprint density at radius 3 is 2.68 bits per heavy atom. The first-order chi connectivity index (χ1) is 16.2. The van der Waals surface area contributed by atoms with Crippen LogP contribution in [0.2, 0.25) is 5.02 Å². The summed E-state index contributed by atoms with van der Waals surface area (Å²) in [4.78, 5) is 52.2. The number of fused-ring (bicyclic) bond motifs is 5. The Labute approximate surface area is 209 Å². The summed E-state index contributed by atoms with van der Waals surface area (Å²) in [6, 6.07) is 11.1. The maximum Gasteiger partial charge on any atom is 0.338 e. The highest BCUT2D eigenvalue weighted by Gasteiger charge is 2.60. The first-order valence-corrected chi connectivity index (χ1v) is 12.0. The second-order valence-corrected chi connectivity index (χ2v) is 10.0. The van der Waals surface area contributed by atoms with Crippen LogP contribution in [0.15, 0.2) is 58.6 Å². The second kappa shape index (κ2) is 8.67. The molecule has 0 unspecified atom stereocenters. The van der Waals surface area contributed by atoms with Crippen LogP contribution in [0, 0.1) is 23.7 Å². The molecule has 3 amide bonds. The zero-order valence-electron chi connectivity index (χ0n) is 18.1. The Morgan fingerprint density at radius 1 is 1.15 bits per heavy atom. The third kappa shape index (κ3) is 3.84. The van der Waals surface area contributed by atoms with Gasteiger partial charge in [0.1, 0.15) is 0 Å². The van der Waals surface area contributed by atoms with Crippen molar-refractivity contribution >= 4 is 62.6 Å². The Morgan fingerprint density at radius 2 is 1.91 bits per heavy atom. The van der Waals surface area contributed by atoms with Crippen molar-refractivity contribution in [1.29, 1.82) is 0 Å². The summed E-state index contributed by atoms with van der Waals surface area (Å²) in [6.07, 6.45) is 2.97. The molecule has 0 spiro atoms. The summed E-state index contributed by atoms with van der Waals surface area (Å²) in [5.41, 5.74) is 2.12. The van der Waals surface area contributed by atoms with Crippen molar-refractivity contribution in [1.82, 2.24) is 0 Å². The predicted molar refractivity (Wildman–Crippen MR) is 129 cm³/mol. The third-order valence-corrected chi connectivity index (χ3v) is 7.99. The summed E-state index contributed by atoms with van der Waals surface area (Å²) >= 11 is 9.29. The number of imide groups is 1. The Kier molecular flexibility index (Phi) is 5.81. The van der Waals surface area contributed by atoms with Crippen molar-refractivity contribution in [3.05, 3.63) is 69.2 Å². The molecule has 174 valence electrons. The molecule has 4 atom stereocenters. The zero-order valence-corrected chi connectivity index (χ0v) is 20.4. The van der Waals surface area contributed by atoms with E-state index < -0.39 is 18.5 Å². The van der Waals surface area contributed by atoms with E-state index in [0.717, 1.165) is 6.42 Å². The Hall–Kier alpha value is -2.97. The van der Waals surface area contributed by atoms with Gasteiger partial charge in [-0.05, 0) is 77.5 Å². The fourth-order valence-corrected chi connectivity index (χ4v) is 5.71. The second-order valence-electron chi connectivity index (χ2n) is 8.78. The Balaban J connectivity index is 1.25. The minimum atomic E-state index is -0.734. The van der Waals surface area contributed by atoms with E-state index in [1.165, 1.54) is 22.6 Å². The normalized spacial score (nSPS) is 24.8. The van der Waals surface area contributed by atoms with Gasteiger partial charge in [-0.2, -0.15) is 0 Å². The number of nitrogens with zero attached hydrogens (tertiary/aromatic N) is 1. The van der Waals surface area contributed by atoms with Gasteiger partial charge in [0.25, 0.3) is 5.91 Å². The molecule has 1 saturated carbocycles. The fourth-order valence-electron chi connectivity index (χ4n) is 5.29. The van der Waals surface area contributed by atoms with E-state index >= 15 is 0 Å². The quantitative estimate of drug-likeness (QED) is 0.338. The topological polar surface area (TPSA) is 92.8 Å². The number of hydrogen-bond acceptors (Lipinski definition) is 5. The Bertz CT molecular complexity index is 1280. The molecule has 2 fully saturated rings. The van der Waals surface area contributed by atoms with E-state index in [1.54, 1.807) is 30.3 Å². The van der Waals surface area contributed by atoms with E-state index in [-0.39, 0.29) is 41.0 Å². The number of hydrogen-bond donors (Lipinski definition) is 1. The molecule has 5 rings (SSSR count). The molecule has 2 aromatic carbocycles. The van der Waals surface area contributed by atoms with Crippen LogP contribution >= 0.6 is 27.5 Å². The molecule has 1 N–H and O–H groups in total. The summed E-state index contributed by atoms with van der Waals surface area (Å²) < 4.78 is 5.82. The number of anilines is 2. The molecule has 1 aliphatic heterocycles. The molecule has 7 nitrogen and oxygen atoms in total. The standard InChI is InChI=1S/C25H20BrClN2O5/c1-12-7-14-9-17(12)22-21(14)23(31)29(24(22)32)16-4-2-3-13(8-16)25(33)34-11-20(30)28-15-5-6-18(26)19(27)10-15/h2-8,10,14,17,21-22H,9,11H2,1H3,(H,28,30)/t14-,17+,21+,22-/m0/s1. The number of amides is 3. The number of halogens is 2. The summed E-state index contributed by atoms with van der Waals surface area (Å²) in [5.74, 6) is -2.13. The first kappa shape index (κ1) is 22.8. The number of allylic oxidation sites excluding steroid dienone is 2. The van der Waals surface area contributed by atoms with Gasteiger partial charge >= 0.3 is 5.97 Å². The van der Waals surface area contributed by atoms with Gasteiger partial charge in [0, 0.05) is 10.2 Å². The minimum Gasteiger partial charge on any atom is -0.452 e. The predicted octanol–water partition coefficient (Wildman–Crippen LogP) is 4.60. The van der Waals surface area contributed by atoms with Crippen molar-refractivity contribution in [3.63, 3.8) is 0 Å². The van der Waals surface area contributed by atoms with Crippen LogP contribution < -0.4 is 10.2 Å². The summed E-state index contributed by atoms with van der Waals surface area (Å²) in [7, 11) is 0. The average molecular weight is 544 g/mol. The smallest absolute Gasteiger partial charge is 0.338 e. The molecule has 0 radical (unpaired) electrons. The number of carbonyl (C=O) groups excluding carboxylic acids is 4. The molecular weight excluding hydrogens is 524 g/mol. The number of carbonyl (C=O) groups is 4. The van der Waals surface area contributed by atoms with Gasteiger partial charge in [0.05, 0.1) is 28.1 Å². The number of ether oxygens (including phenoxy) is 1. The van der Waals surface area contributed by atoms with Crippen LogP contribution in [0.5, 0.6) is 0 Å². The lowest BCUT2D eigenvalue weighted by Crippen LogP contribution is -2.33. The fraction of sp³-hybridized carbons (Fsp3) is 0.280. The van der Waals surface area contributed by atoms with Gasteiger partial charge < -0.3 is 10.1 Å². The molecule has 9 heteroatoms. The zero-order chi connectivity index (χ0) is 24.1. The van der Waals surface area contributed by atoms with E-state index in [4.69, 9.17) is 16.3 Å².